The fourth-order valence-corrected chi connectivity index (χ4v) is 2.16. The van der Waals surface area contributed by atoms with Gasteiger partial charge in [-0.05, 0) is 18.2 Å². The first-order chi connectivity index (χ1) is 8.15. The van der Waals surface area contributed by atoms with Gasteiger partial charge in [0.15, 0.2) is 0 Å². The van der Waals surface area contributed by atoms with Crippen LogP contribution in [0.25, 0.3) is 16.6 Å². The van der Waals surface area contributed by atoms with Crippen LogP contribution >= 0.6 is 22.9 Å². The third kappa shape index (κ3) is 3.15. The molecule has 0 aliphatic carbocycles. The molecule has 0 atom stereocenters. The summed E-state index contributed by atoms with van der Waals surface area (Å²) in [5, 5.41) is 11.8. The van der Waals surface area contributed by atoms with E-state index < -0.39 is 5.97 Å². The molecule has 0 fully saturated rings. The van der Waals surface area contributed by atoms with Crippen LogP contribution in [0.4, 0.5) is 0 Å². The molecule has 0 amide bonds. The summed E-state index contributed by atoms with van der Waals surface area (Å²) < 4.78 is 0. The summed E-state index contributed by atoms with van der Waals surface area (Å²) in [7, 11) is 0. The Morgan fingerprint density at radius 3 is 2.71 bits per heavy atom. The number of hydrogen-bond acceptors (Lipinski definition) is 3. The maximum Gasteiger partial charge on any atom is 0.328 e. The molecule has 0 saturated carbocycles. The lowest BCUT2D eigenvalue weighted by Gasteiger charge is -1.95. The van der Waals surface area contributed by atoms with Gasteiger partial charge in [-0.2, -0.15) is 0 Å². The molecule has 0 bridgehead atoms. The van der Waals surface area contributed by atoms with E-state index in [1.165, 1.54) is 17.4 Å². The molecule has 0 radical (unpaired) electrons. The first-order valence-corrected chi connectivity index (χ1v) is 6.03. The Morgan fingerprint density at radius 1 is 1.35 bits per heavy atom. The number of aliphatic carboxylic acids is 1. The average Bonchev–Trinajstić information content (AvgIpc) is 2.76. The third-order valence-corrected chi connectivity index (χ3v) is 3.17. The summed E-state index contributed by atoms with van der Waals surface area (Å²) in [4.78, 5) is 14.7. The van der Waals surface area contributed by atoms with Gasteiger partial charge in [-0.15, -0.1) is 11.3 Å². The molecule has 0 aliphatic rings. The van der Waals surface area contributed by atoms with Crippen molar-refractivity contribution in [2.24, 2.45) is 0 Å². The Balaban J connectivity index is 2.23. The maximum absolute atomic E-state index is 10.4. The van der Waals surface area contributed by atoms with Crippen LogP contribution in [0.15, 0.2) is 35.7 Å². The van der Waals surface area contributed by atoms with Crippen molar-refractivity contribution in [3.05, 3.63) is 46.4 Å². The molecule has 1 N–H and O–H groups in total. The molecular formula is C12H8ClNO2S. The standard InChI is InChI=1S/C12H8ClNO2S/c13-9-3-1-8(2-4-9)12-14-10(7-17-12)5-6-11(15)16/h1-7H,(H,15,16)/b6-5-. The topological polar surface area (TPSA) is 50.2 Å². The number of rotatable bonds is 3. The van der Waals surface area contributed by atoms with Crippen LogP contribution < -0.4 is 0 Å². The Morgan fingerprint density at radius 2 is 2.06 bits per heavy atom. The monoisotopic (exact) mass is 265 g/mol. The molecule has 2 rings (SSSR count). The van der Waals surface area contributed by atoms with Gasteiger partial charge in [-0.1, -0.05) is 23.7 Å². The van der Waals surface area contributed by atoms with Crippen molar-refractivity contribution < 1.29 is 9.90 Å². The highest BCUT2D eigenvalue weighted by Gasteiger charge is 2.03. The Bertz CT molecular complexity index is 560. The van der Waals surface area contributed by atoms with E-state index >= 15 is 0 Å². The predicted octanol–water partition coefficient (Wildman–Crippen LogP) is 3.56. The predicted molar refractivity (Wildman–Crippen MR) is 69.2 cm³/mol. The molecule has 1 aromatic carbocycles. The van der Waals surface area contributed by atoms with Crippen molar-refractivity contribution in [3.8, 4) is 10.6 Å². The molecule has 86 valence electrons. The number of carboxylic acids is 1. The molecule has 0 saturated heterocycles. The van der Waals surface area contributed by atoms with Crippen LogP contribution in [-0.4, -0.2) is 16.1 Å². The maximum atomic E-state index is 10.4. The zero-order chi connectivity index (χ0) is 12.3. The minimum absolute atomic E-state index is 0.641. The Labute approximate surface area is 107 Å². The molecule has 5 heteroatoms. The van der Waals surface area contributed by atoms with Crippen LogP contribution in [0.3, 0.4) is 0 Å². The van der Waals surface area contributed by atoms with E-state index in [0.29, 0.717) is 10.7 Å². The molecule has 1 heterocycles. The second-order valence-corrected chi connectivity index (χ2v) is 4.55. The molecule has 0 spiro atoms. The number of aromatic nitrogens is 1. The van der Waals surface area contributed by atoms with E-state index in [1.807, 2.05) is 17.5 Å². The normalized spacial score (nSPS) is 10.9. The van der Waals surface area contributed by atoms with E-state index in [4.69, 9.17) is 16.7 Å². The highest BCUT2D eigenvalue weighted by molar-refractivity contribution is 7.13. The second kappa shape index (κ2) is 5.12. The van der Waals surface area contributed by atoms with Crippen molar-refractivity contribution >= 4 is 35.0 Å². The van der Waals surface area contributed by atoms with Gasteiger partial charge >= 0.3 is 5.97 Å². The number of thiazole rings is 1. The van der Waals surface area contributed by atoms with Gasteiger partial charge in [-0.3, -0.25) is 0 Å². The van der Waals surface area contributed by atoms with Crippen molar-refractivity contribution in [1.29, 1.82) is 0 Å². The van der Waals surface area contributed by atoms with Crippen molar-refractivity contribution in [3.63, 3.8) is 0 Å². The van der Waals surface area contributed by atoms with Gasteiger partial charge in [0.2, 0.25) is 0 Å². The minimum atomic E-state index is -0.981. The first-order valence-electron chi connectivity index (χ1n) is 4.77. The van der Waals surface area contributed by atoms with Crippen LogP contribution in [0.1, 0.15) is 5.69 Å². The SMILES string of the molecule is O=C(O)/C=C\c1csc(-c2ccc(Cl)cc2)n1. The second-order valence-electron chi connectivity index (χ2n) is 3.26. The van der Waals surface area contributed by atoms with E-state index in [2.05, 4.69) is 4.98 Å². The average molecular weight is 266 g/mol. The van der Waals surface area contributed by atoms with E-state index in [1.54, 1.807) is 12.1 Å². The first kappa shape index (κ1) is 11.8. The summed E-state index contributed by atoms with van der Waals surface area (Å²) in [6.07, 6.45) is 2.54. The minimum Gasteiger partial charge on any atom is -0.478 e. The highest BCUT2D eigenvalue weighted by atomic mass is 35.5. The number of hydrogen-bond donors (Lipinski definition) is 1. The van der Waals surface area contributed by atoms with Gasteiger partial charge < -0.3 is 5.11 Å². The Hall–Kier alpha value is -1.65. The zero-order valence-corrected chi connectivity index (χ0v) is 10.2. The highest BCUT2D eigenvalue weighted by Crippen LogP contribution is 2.25. The largest absolute Gasteiger partial charge is 0.478 e. The lowest BCUT2D eigenvalue weighted by atomic mass is 10.2. The summed E-state index contributed by atoms with van der Waals surface area (Å²) in [6.45, 7) is 0. The summed E-state index contributed by atoms with van der Waals surface area (Å²) >= 11 is 7.26. The van der Waals surface area contributed by atoms with Crippen LogP contribution in [0.5, 0.6) is 0 Å². The summed E-state index contributed by atoms with van der Waals surface area (Å²) in [5.74, 6) is -0.981. The molecule has 0 unspecified atom stereocenters. The van der Waals surface area contributed by atoms with E-state index in [0.717, 1.165) is 16.6 Å². The molecular weight excluding hydrogens is 258 g/mol. The quantitative estimate of drug-likeness (QED) is 0.864. The van der Waals surface area contributed by atoms with Crippen molar-refractivity contribution in [2.45, 2.75) is 0 Å². The summed E-state index contributed by atoms with van der Waals surface area (Å²) in [6, 6.07) is 7.35. The van der Waals surface area contributed by atoms with E-state index in [9.17, 15) is 4.79 Å². The van der Waals surface area contributed by atoms with E-state index in [-0.39, 0.29) is 0 Å². The van der Waals surface area contributed by atoms with Gasteiger partial charge in [0.1, 0.15) is 5.01 Å². The van der Waals surface area contributed by atoms with Crippen molar-refractivity contribution in [1.82, 2.24) is 4.98 Å². The van der Waals surface area contributed by atoms with Crippen LogP contribution in [-0.2, 0) is 4.79 Å². The van der Waals surface area contributed by atoms with Crippen molar-refractivity contribution in [2.75, 3.05) is 0 Å². The summed E-state index contributed by atoms with van der Waals surface area (Å²) in [5.41, 5.74) is 1.61. The molecule has 17 heavy (non-hydrogen) atoms. The molecule has 3 nitrogen and oxygen atoms in total. The van der Waals surface area contributed by atoms with Crippen LogP contribution in [0, 0.1) is 0 Å². The number of carbonyl (C=O) groups is 1. The molecule has 1 aromatic heterocycles. The van der Waals surface area contributed by atoms with Gasteiger partial charge in [0.05, 0.1) is 5.69 Å². The third-order valence-electron chi connectivity index (χ3n) is 2.01. The number of nitrogens with zero attached hydrogens (tertiary/aromatic N) is 1. The smallest absolute Gasteiger partial charge is 0.328 e. The van der Waals surface area contributed by atoms with Crippen LogP contribution in [0.2, 0.25) is 5.02 Å². The lowest BCUT2D eigenvalue weighted by Crippen LogP contribution is -1.85. The molecule has 0 aliphatic heterocycles. The zero-order valence-electron chi connectivity index (χ0n) is 8.63. The van der Waals surface area contributed by atoms with Gasteiger partial charge in [0.25, 0.3) is 0 Å². The number of halogens is 1. The Kier molecular flexibility index (Phi) is 3.56. The number of carboxylic acid groups (broad SMARTS) is 1. The fourth-order valence-electron chi connectivity index (χ4n) is 1.24. The number of benzene rings is 1. The van der Waals surface area contributed by atoms with Gasteiger partial charge in [-0.25, -0.2) is 9.78 Å². The fraction of sp³-hybridized carbons (Fsp3) is 0. The molecule has 2 aromatic rings. The lowest BCUT2D eigenvalue weighted by molar-refractivity contribution is -0.131. The van der Waals surface area contributed by atoms with Gasteiger partial charge in [0, 0.05) is 22.0 Å².